The molecule has 212 valence electrons. The van der Waals surface area contributed by atoms with Crippen molar-refractivity contribution in [2.45, 2.75) is 27.1 Å². The molecule has 3 aromatic carbocycles. The van der Waals surface area contributed by atoms with Crippen molar-refractivity contribution >= 4 is 29.5 Å². The van der Waals surface area contributed by atoms with Crippen LogP contribution in [-0.2, 0) is 26.4 Å². The number of nitrogens with zero attached hydrogens (tertiary/aromatic N) is 6. The van der Waals surface area contributed by atoms with E-state index in [0.717, 1.165) is 55.6 Å². The van der Waals surface area contributed by atoms with Gasteiger partial charge >= 0.3 is 202 Å². The first-order valence-electron chi connectivity index (χ1n) is 14.2. The molecular formula is C33H31BN6OPt. The zero-order chi connectivity index (χ0) is 29.0. The summed E-state index contributed by atoms with van der Waals surface area (Å²) in [6.07, 6.45) is 4.70. The summed E-state index contributed by atoms with van der Waals surface area (Å²) in [5.41, 5.74) is 7.85. The molecule has 0 fully saturated rings. The molecule has 0 unspecified atom stereocenters. The third kappa shape index (κ3) is 4.55. The fraction of sp³-hybridized carbons (Fsp3) is 0.182. The van der Waals surface area contributed by atoms with Crippen LogP contribution < -0.4 is 9.55 Å². The summed E-state index contributed by atoms with van der Waals surface area (Å²) in [7, 11) is 2.10. The van der Waals surface area contributed by atoms with Gasteiger partial charge in [0.05, 0.1) is 0 Å². The Labute approximate surface area is 256 Å². The number of ether oxygens (including phenoxy) is 1. The number of anilines is 2. The molecule has 6 aromatic rings. The molecule has 3 aromatic heterocycles. The molecule has 9 heteroatoms. The Balaban J connectivity index is 1.31. The number of aryl methyl sites for hydroxylation is 2. The average Bonchev–Trinajstić information content (AvgIpc) is 3.56. The number of hydrogen-bond donors (Lipinski definition) is 0. The molecule has 1 aliphatic heterocycles. The van der Waals surface area contributed by atoms with Crippen LogP contribution in [0.1, 0.15) is 19.4 Å². The number of rotatable bonds is 6. The molecule has 42 heavy (non-hydrogen) atoms. The Morgan fingerprint density at radius 3 is 2.50 bits per heavy atom. The van der Waals surface area contributed by atoms with Crippen LogP contribution in [0.25, 0.3) is 28.0 Å². The molecule has 4 heterocycles. The molecule has 0 saturated heterocycles. The fourth-order valence-corrected chi connectivity index (χ4v) is 6.75. The summed E-state index contributed by atoms with van der Waals surface area (Å²) in [6, 6.07) is 29.3. The monoisotopic (exact) mass is 733 g/mol. The van der Waals surface area contributed by atoms with E-state index in [1.807, 2.05) is 36.7 Å². The Morgan fingerprint density at radius 1 is 0.881 bits per heavy atom. The standard InChI is InChI=1S/C33H31BN6O.Pt/c1-23(2)21-34-39(33-18-24(3)14-16-35-33)32-20-27(12-13-28(32)29-15-17-36-40(29)34)41-26-9-7-8-25(19-26)38-22-37(4)30-10-5-6-11-31(30)38;/h5-20,23H,21H2,1-4H3;. The van der Waals surface area contributed by atoms with Crippen molar-refractivity contribution in [2.24, 2.45) is 13.0 Å². The molecule has 0 bridgehead atoms. The van der Waals surface area contributed by atoms with Crippen molar-refractivity contribution in [3.05, 3.63) is 107 Å². The van der Waals surface area contributed by atoms with Crippen LogP contribution in [0, 0.1) is 16.6 Å². The Kier molecular flexibility index (Phi) is 6.74. The van der Waals surface area contributed by atoms with E-state index in [0.29, 0.717) is 5.92 Å². The molecule has 0 atom stereocenters. The van der Waals surface area contributed by atoms with Gasteiger partial charge in [0.2, 0.25) is 0 Å². The van der Waals surface area contributed by atoms with Gasteiger partial charge in [0.15, 0.2) is 0 Å². The summed E-state index contributed by atoms with van der Waals surface area (Å²) >= 11 is 2.39. The van der Waals surface area contributed by atoms with E-state index in [1.165, 1.54) is 11.1 Å². The van der Waals surface area contributed by atoms with Crippen molar-refractivity contribution in [2.75, 3.05) is 4.81 Å². The Bertz CT molecular complexity index is 2010. The van der Waals surface area contributed by atoms with Gasteiger partial charge in [-0.15, -0.1) is 0 Å². The molecular weight excluding hydrogens is 702 g/mol. The summed E-state index contributed by atoms with van der Waals surface area (Å²) in [5.74, 6) is 2.93. The molecule has 7 nitrogen and oxygen atoms in total. The third-order valence-electron chi connectivity index (χ3n) is 7.81. The van der Waals surface area contributed by atoms with Gasteiger partial charge in [-0.2, -0.15) is 5.10 Å². The number of aromatic nitrogens is 5. The summed E-state index contributed by atoms with van der Waals surface area (Å²) in [5, 5.41) is 4.76. The number of hydrogen-bond acceptors (Lipinski definition) is 4. The van der Waals surface area contributed by atoms with E-state index < -0.39 is 0 Å². The Hall–Kier alpha value is -4.16. The van der Waals surface area contributed by atoms with E-state index >= 15 is 0 Å². The van der Waals surface area contributed by atoms with Crippen molar-refractivity contribution in [3.63, 3.8) is 0 Å². The van der Waals surface area contributed by atoms with Gasteiger partial charge in [0, 0.05) is 12.4 Å². The fourth-order valence-electron chi connectivity index (χ4n) is 5.91. The number of imidazole rings is 1. The van der Waals surface area contributed by atoms with E-state index in [9.17, 15) is 0 Å². The van der Waals surface area contributed by atoms with E-state index in [-0.39, 0.29) is 6.98 Å². The SMILES string of the molecule is Cc1ccnc(N2B(CC(C)C)n3nccc3-c3ccc(Oc4cccc(-n5[c](=[Pt])n(C)c6ccccc65)c4)cc32)c1. The van der Waals surface area contributed by atoms with Gasteiger partial charge < -0.3 is 0 Å². The van der Waals surface area contributed by atoms with Gasteiger partial charge in [-0.1, -0.05) is 13.8 Å². The molecule has 0 amide bonds. The molecule has 0 N–H and O–H groups in total. The van der Waals surface area contributed by atoms with Gasteiger partial charge in [0.25, 0.3) is 0 Å². The maximum absolute atomic E-state index is 6.57. The minimum atomic E-state index is 0.000261. The van der Waals surface area contributed by atoms with Gasteiger partial charge in [-0.3, -0.25) is 0 Å². The number of benzene rings is 3. The normalized spacial score (nSPS) is 12.6. The molecule has 0 saturated carbocycles. The summed E-state index contributed by atoms with van der Waals surface area (Å²) in [4.78, 5) is 7.13. The first kappa shape index (κ1) is 26.7. The molecule has 1 aliphatic rings. The first-order valence-corrected chi connectivity index (χ1v) is 15.3. The van der Waals surface area contributed by atoms with E-state index in [1.54, 1.807) is 0 Å². The average molecular weight is 734 g/mol. The molecule has 0 spiro atoms. The van der Waals surface area contributed by atoms with Crippen molar-refractivity contribution in [3.8, 4) is 28.4 Å². The van der Waals surface area contributed by atoms with Gasteiger partial charge in [-0.25, -0.2) is 0 Å². The van der Waals surface area contributed by atoms with Crippen LogP contribution >= 0.6 is 0 Å². The topological polar surface area (TPSA) is 53.0 Å². The molecule has 7 rings (SSSR count). The van der Waals surface area contributed by atoms with Crippen LogP contribution in [0.4, 0.5) is 11.5 Å². The van der Waals surface area contributed by atoms with Crippen molar-refractivity contribution in [1.82, 2.24) is 23.8 Å². The van der Waals surface area contributed by atoms with Gasteiger partial charge in [-0.05, 0) is 24.5 Å². The number of para-hydroxylation sites is 2. The second-order valence-electron chi connectivity index (χ2n) is 11.2. The summed E-state index contributed by atoms with van der Waals surface area (Å²) < 4.78 is 14.3. The number of pyridine rings is 1. The van der Waals surface area contributed by atoms with Crippen molar-refractivity contribution in [1.29, 1.82) is 0 Å². The summed E-state index contributed by atoms with van der Waals surface area (Å²) in [6.45, 7) is 6.61. The quantitative estimate of drug-likeness (QED) is 0.166. The Morgan fingerprint density at radius 2 is 1.69 bits per heavy atom. The van der Waals surface area contributed by atoms with E-state index in [4.69, 9.17) is 14.8 Å². The van der Waals surface area contributed by atoms with E-state index in [2.05, 4.69) is 126 Å². The van der Waals surface area contributed by atoms with Crippen LogP contribution in [0.5, 0.6) is 11.5 Å². The van der Waals surface area contributed by atoms with Crippen LogP contribution in [0.15, 0.2) is 97.3 Å². The number of fused-ring (bicyclic) bond motifs is 4. The predicted octanol–water partition coefficient (Wildman–Crippen LogP) is 7.55. The first-order chi connectivity index (χ1) is 20.4. The maximum atomic E-state index is 6.57. The predicted molar refractivity (Wildman–Crippen MR) is 165 cm³/mol. The van der Waals surface area contributed by atoms with Crippen LogP contribution in [0.2, 0.25) is 6.32 Å². The second kappa shape index (κ2) is 10.6. The van der Waals surface area contributed by atoms with Crippen molar-refractivity contribution < 1.29 is 24.1 Å². The zero-order valence-corrected chi connectivity index (χ0v) is 26.3. The minimum absolute atomic E-state index is 0.000261. The zero-order valence-electron chi connectivity index (χ0n) is 24.0. The van der Waals surface area contributed by atoms with Crippen LogP contribution in [0.3, 0.4) is 0 Å². The van der Waals surface area contributed by atoms with Gasteiger partial charge in [0.1, 0.15) is 0 Å². The van der Waals surface area contributed by atoms with Crippen LogP contribution in [-0.4, -0.2) is 30.8 Å². The third-order valence-corrected chi connectivity index (χ3v) is 9.08. The molecule has 0 radical (unpaired) electrons. The molecule has 0 aliphatic carbocycles. The second-order valence-corrected chi connectivity index (χ2v) is 12.3.